The van der Waals surface area contributed by atoms with Gasteiger partial charge in [-0.05, 0) is 44.6 Å². The van der Waals surface area contributed by atoms with Crippen molar-refractivity contribution in [2.24, 2.45) is 5.92 Å². The van der Waals surface area contributed by atoms with Gasteiger partial charge in [0.25, 0.3) is 0 Å². The second-order valence-corrected chi connectivity index (χ2v) is 7.60. The van der Waals surface area contributed by atoms with Crippen LogP contribution in [0.15, 0.2) is 36.7 Å². The minimum absolute atomic E-state index is 0.0691. The van der Waals surface area contributed by atoms with E-state index in [4.69, 9.17) is 0 Å². The molecule has 0 aliphatic carbocycles. The number of aryl methyl sites for hydroxylation is 1. The van der Waals surface area contributed by atoms with E-state index >= 15 is 0 Å². The molecule has 1 aromatic carbocycles. The largest absolute Gasteiger partial charge is 0.633 e. The summed E-state index contributed by atoms with van der Waals surface area (Å²) in [6, 6.07) is 7.81. The molecule has 0 unspecified atom stereocenters. The number of hydroxylamine groups is 3. The van der Waals surface area contributed by atoms with E-state index in [1.54, 1.807) is 12.4 Å². The normalized spacial score (nSPS) is 21.9. The summed E-state index contributed by atoms with van der Waals surface area (Å²) in [5.74, 6) is 0.792. The fraction of sp³-hybridized carbons (Fsp3) is 0.476. The summed E-state index contributed by atoms with van der Waals surface area (Å²) in [5.41, 5.74) is 3.13. The van der Waals surface area contributed by atoms with Gasteiger partial charge in [-0.1, -0.05) is 29.8 Å². The number of quaternary nitrogens is 1. The lowest BCUT2D eigenvalue weighted by atomic mass is 9.93. The van der Waals surface area contributed by atoms with Crippen LogP contribution in [0.1, 0.15) is 31.7 Å². The van der Waals surface area contributed by atoms with Gasteiger partial charge in [-0.15, -0.1) is 0 Å². The fourth-order valence-corrected chi connectivity index (χ4v) is 3.60. The third kappa shape index (κ3) is 5.50. The third-order valence-corrected chi connectivity index (χ3v) is 5.53. The Kier molecular flexibility index (Phi) is 6.59. The first-order valence-corrected chi connectivity index (χ1v) is 9.98. The van der Waals surface area contributed by atoms with Gasteiger partial charge in [0.15, 0.2) is 0 Å². The highest BCUT2D eigenvalue weighted by Crippen LogP contribution is 2.24. The number of anilines is 1. The monoisotopic (exact) mass is 383 g/mol. The number of nitrogens with one attached hydrogen (secondary N) is 2. The molecule has 2 N–H and O–H groups in total. The van der Waals surface area contributed by atoms with Crippen molar-refractivity contribution in [2.45, 2.75) is 33.1 Å². The molecule has 0 bridgehead atoms. The molecule has 7 heteroatoms. The van der Waals surface area contributed by atoms with Crippen molar-refractivity contribution in [1.82, 2.24) is 15.3 Å². The number of hydrogen-bond donors (Lipinski definition) is 2. The predicted octanol–water partition coefficient (Wildman–Crippen LogP) is 3.71. The van der Waals surface area contributed by atoms with Crippen molar-refractivity contribution >= 4 is 12.0 Å². The maximum atomic E-state index is 12.2. The number of likely N-dealkylation sites (tertiary alicyclic amines) is 1. The molecule has 3 rings (SSSR count). The first-order valence-electron chi connectivity index (χ1n) is 9.98. The number of hydrogen-bond acceptors (Lipinski definition) is 4. The Balaban J connectivity index is 1.41. The molecule has 0 atom stereocenters. The molecule has 0 spiro atoms. The molecule has 2 amide bonds. The van der Waals surface area contributed by atoms with Crippen LogP contribution in [-0.2, 0) is 0 Å². The summed E-state index contributed by atoms with van der Waals surface area (Å²) in [6.07, 6.45) is 6.18. The average molecular weight is 383 g/mol. The van der Waals surface area contributed by atoms with E-state index < -0.39 is 0 Å². The molecule has 0 radical (unpaired) electrons. The van der Waals surface area contributed by atoms with Crippen LogP contribution in [0.4, 0.5) is 10.7 Å². The first kappa shape index (κ1) is 20.2. The number of piperidine rings is 1. The van der Waals surface area contributed by atoms with Crippen LogP contribution < -0.4 is 10.6 Å². The van der Waals surface area contributed by atoms with Crippen molar-refractivity contribution < 1.29 is 9.44 Å². The molecule has 150 valence electrons. The summed E-state index contributed by atoms with van der Waals surface area (Å²) < 4.78 is -0.0691. The van der Waals surface area contributed by atoms with Crippen molar-refractivity contribution in [3.63, 3.8) is 0 Å². The van der Waals surface area contributed by atoms with Crippen molar-refractivity contribution in [2.75, 3.05) is 31.5 Å². The Bertz CT molecular complexity index is 786. The molecule has 0 saturated carbocycles. The van der Waals surface area contributed by atoms with Crippen LogP contribution in [0.5, 0.6) is 0 Å². The van der Waals surface area contributed by atoms with E-state index in [2.05, 4.69) is 26.7 Å². The average Bonchev–Trinajstić information content (AvgIpc) is 2.70. The lowest BCUT2D eigenvalue weighted by Gasteiger charge is -2.46. The maximum Gasteiger partial charge on any atom is 0.321 e. The number of nitrogens with zero attached hydrogens (tertiary/aromatic N) is 3. The summed E-state index contributed by atoms with van der Waals surface area (Å²) >= 11 is 0. The molecule has 7 nitrogen and oxygen atoms in total. The van der Waals surface area contributed by atoms with E-state index in [1.165, 1.54) is 5.56 Å². The fourth-order valence-electron chi connectivity index (χ4n) is 3.60. The van der Waals surface area contributed by atoms with Crippen molar-refractivity contribution in [1.29, 1.82) is 0 Å². The first-order chi connectivity index (χ1) is 13.5. The van der Waals surface area contributed by atoms with E-state index in [9.17, 15) is 10.0 Å². The Morgan fingerprint density at radius 3 is 2.57 bits per heavy atom. The van der Waals surface area contributed by atoms with Gasteiger partial charge < -0.3 is 15.2 Å². The van der Waals surface area contributed by atoms with Crippen LogP contribution in [0.25, 0.3) is 11.1 Å². The smallest absolute Gasteiger partial charge is 0.321 e. The Morgan fingerprint density at radius 2 is 1.93 bits per heavy atom. The quantitative estimate of drug-likeness (QED) is 0.588. The van der Waals surface area contributed by atoms with Crippen LogP contribution in [0.3, 0.4) is 0 Å². The highest BCUT2D eigenvalue weighted by atomic mass is 16.5. The minimum Gasteiger partial charge on any atom is -0.633 e. The topological polar surface area (TPSA) is 90.0 Å². The predicted molar refractivity (Wildman–Crippen MR) is 110 cm³/mol. The van der Waals surface area contributed by atoms with Gasteiger partial charge >= 0.3 is 6.03 Å². The molecule has 1 aromatic heterocycles. The molecular weight excluding hydrogens is 354 g/mol. The van der Waals surface area contributed by atoms with Gasteiger partial charge in [0, 0.05) is 24.5 Å². The van der Waals surface area contributed by atoms with Gasteiger partial charge in [0.1, 0.15) is 0 Å². The van der Waals surface area contributed by atoms with E-state index in [1.807, 2.05) is 32.0 Å². The molecule has 2 aromatic rings. The number of aromatic nitrogens is 2. The van der Waals surface area contributed by atoms with Gasteiger partial charge in [-0.25, -0.2) is 14.8 Å². The van der Waals surface area contributed by atoms with Crippen LogP contribution in [-0.4, -0.2) is 46.8 Å². The zero-order valence-electron chi connectivity index (χ0n) is 16.6. The minimum atomic E-state index is -0.304. The number of rotatable bonds is 6. The highest BCUT2D eigenvalue weighted by molar-refractivity contribution is 5.87. The number of carbonyl (C=O) groups is 1. The molecule has 1 aliphatic heterocycles. The van der Waals surface area contributed by atoms with E-state index in [-0.39, 0.29) is 16.6 Å². The Hall–Kier alpha value is -2.51. The summed E-state index contributed by atoms with van der Waals surface area (Å²) in [4.78, 5) is 20.5. The summed E-state index contributed by atoms with van der Waals surface area (Å²) in [7, 11) is 0. The van der Waals surface area contributed by atoms with Crippen LogP contribution in [0.2, 0.25) is 0 Å². The Morgan fingerprint density at radius 1 is 1.21 bits per heavy atom. The second-order valence-electron chi connectivity index (χ2n) is 7.60. The van der Waals surface area contributed by atoms with Crippen LogP contribution in [0, 0.1) is 18.0 Å². The maximum absolute atomic E-state index is 12.2. The molecule has 1 aliphatic rings. The van der Waals surface area contributed by atoms with E-state index in [0.717, 1.165) is 30.4 Å². The van der Waals surface area contributed by atoms with Gasteiger partial charge in [-0.3, -0.25) is 5.32 Å². The SMILES string of the molecule is CC[N+]1([O-])CCC(CCNC(=O)Nc2ncc(-c3cccc(C)c3)cn2)CC1. The molecule has 2 heterocycles. The lowest BCUT2D eigenvalue weighted by molar-refractivity contribution is -0.885. The van der Waals surface area contributed by atoms with Crippen LogP contribution >= 0.6 is 0 Å². The Labute approximate surface area is 166 Å². The van der Waals surface area contributed by atoms with Crippen molar-refractivity contribution in [3.8, 4) is 11.1 Å². The van der Waals surface area contributed by atoms with Gasteiger partial charge in [-0.2, -0.15) is 0 Å². The molecule has 1 saturated heterocycles. The third-order valence-electron chi connectivity index (χ3n) is 5.53. The summed E-state index contributed by atoms with van der Waals surface area (Å²) in [5, 5.41) is 17.7. The summed E-state index contributed by atoms with van der Waals surface area (Å²) in [6.45, 7) is 6.61. The molecule has 28 heavy (non-hydrogen) atoms. The van der Waals surface area contributed by atoms with Crippen molar-refractivity contribution in [3.05, 3.63) is 47.4 Å². The number of urea groups is 1. The standard InChI is InChI=1S/C21H29N5O2/c1-3-26(28)11-8-17(9-12-26)7-10-22-21(27)25-20-23-14-19(15-24-20)18-6-4-5-16(2)13-18/h4-6,13-15,17H,3,7-12H2,1-2H3,(H2,22,23,24,25,27). The lowest BCUT2D eigenvalue weighted by Crippen LogP contribution is -2.48. The number of amides is 2. The number of benzene rings is 1. The molecular formula is C21H29N5O2. The van der Waals surface area contributed by atoms with Gasteiger partial charge in [0.05, 0.1) is 19.6 Å². The van der Waals surface area contributed by atoms with Gasteiger partial charge in [0.2, 0.25) is 5.95 Å². The zero-order chi connectivity index (χ0) is 20.0. The zero-order valence-corrected chi connectivity index (χ0v) is 16.6. The number of carbonyl (C=O) groups excluding carboxylic acids is 1. The second kappa shape index (κ2) is 9.12. The highest BCUT2D eigenvalue weighted by Gasteiger charge is 2.25. The molecule has 1 fully saturated rings. The van der Waals surface area contributed by atoms with E-state index in [0.29, 0.717) is 32.1 Å².